The molecule has 136 valence electrons. The lowest BCUT2D eigenvalue weighted by Gasteiger charge is -2.07. The summed E-state index contributed by atoms with van der Waals surface area (Å²) in [5.74, 6) is -1.73. The summed E-state index contributed by atoms with van der Waals surface area (Å²) >= 11 is 0. The normalized spacial score (nSPS) is 9.96. The number of non-ortho nitro benzene ring substituents is 1. The average molecular weight is 352 g/mol. The first-order valence-electron chi connectivity index (χ1n) is 7.78. The van der Waals surface area contributed by atoms with Gasteiger partial charge < -0.3 is 14.8 Å². The highest BCUT2D eigenvalue weighted by molar-refractivity contribution is 5.94. The summed E-state index contributed by atoms with van der Waals surface area (Å²) in [7, 11) is 0. The number of carbonyl (C=O) groups is 3. The van der Waals surface area contributed by atoms with Crippen molar-refractivity contribution in [2.45, 2.75) is 26.2 Å². The Balaban J connectivity index is 2.25. The van der Waals surface area contributed by atoms with E-state index in [0.717, 1.165) is 12.8 Å². The number of nitrogens with zero attached hydrogens (tertiary/aromatic N) is 1. The molecule has 1 aromatic rings. The van der Waals surface area contributed by atoms with Crippen molar-refractivity contribution in [3.05, 3.63) is 39.9 Å². The van der Waals surface area contributed by atoms with Gasteiger partial charge in [-0.25, -0.2) is 4.79 Å². The maximum Gasteiger partial charge on any atom is 0.344 e. The molecule has 0 saturated heterocycles. The molecule has 0 saturated carbocycles. The monoisotopic (exact) mass is 352 g/mol. The number of nitrogens with one attached hydrogen (secondary N) is 1. The van der Waals surface area contributed by atoms with Crippen LogP contribution in [0, 0.1) is 10.1 Å². The quantitative estimate of drug-likeness (QED) is 0.293. The van der Waals surface area contributed by atoms with E-state index in [1.54, 1.807) is 0 Å². The first-order chi connectivity index (χ1) is 11.9. The van der Waals surface area contributed by atoms with E-state index >= 15 is 0 Å². The highest BCUT2D eigenvalue weighted by Crippen LogP contribution is 2.11. The Kier molecular flexibility index (Phi) is 8.62. The molecule has 1 N–H and O–H groups in total. The Hall–Kier alpha value is -2.97. The smallest absolute Gasteiger partial charge is 0.344 e. The van der Waals surface area contributed by atoms with E-state index in [2.05, 4.69) is 5.32 Å². The Morgan fingerprint density at radius 1 is 1.12 bits per heavy atom. The molecule has 0 aromatic heterocycles. The van der Waals surface area contributed by atoms with Gasteiger partial charge in [-0.2, -0.15) is 0 Å². The molecule has 0 aliphatic rings. The highest BCUT2D eigenvalue weighted by atomic mass is 16.6. The third-order valence-electron chi connectivity index (χ3n) is 3.07. The minimum Gasteiger partial charge on any atom is -0.463 e. The molecular weight excluding hydrogens is 332 g/mol. The molecule has 0 unspecified atom stereocenters. The first-order valence-corrected chi connectivity index (χ1v) is 7.78. The van der Waals surface area contributed by atoms with E-state index in [1.165, 1.54) is 24.3 Å². The lowest BCUT2D eigenvalue weighted by molar-refractivity contribution is -0.384. The van der Waals surface area contributed by atoms with Crippen molar-refractivity contribution < 1.29 is 28.8 Å². The zero-order chi connectivity index (χ0) is 18.7. The minimum absolute atomic E-state index is 0.0134. The van der Waals surface area contributed by atoms with Crippen molar-refractivity contribution in [3.63, 3.8) is 0 Å². The Morgan fingerprint density at radius 3 is 2.40 bits per heavy atom. The van der Waals surface area contributed by atoms with Crippen LogP contribution >= 0.6 is 0 Å². The number of nitro groups is 1. The molecule has 9 heteroatoms. The van der Waals surface area contributed by atoms with Gasteiger partial charge in [0, 0.05) is 24.2 Å². The number of carbonyl (C=O) groups excluding carboxylic acids is 3. The molecule has 0 bridgehead atoms. The van der Waals surface area contributed by atoms with Crippen molar-refractivity contribution in [3.8, 4) is 0 Å². The van der Waals surface area contributed by atoms with Crippen molar-refractivity contribution >= 4 is 23.5 Å². The van der Waals surface area contributed by atoms with Gasteiger partial charge in [0.2, 0.25) is 0 Å². The molecule has 0 spiro atoms. The van der Waals surface area contributed by atoms with E-state index in [4.69, 9.17) is 9.47 Å². The number of rotatable bonds is 10. The Morgan fingerprint density at radius 2 is 1.80 bits per heavy atom. The number of nitro benzene ring substituents is 1. The number of amides is 1. The fourth-order valence-corrected chi connectivity index (χ4v) is 1.70. The Labute approximate surface area is 144 Å². The number of unbranched alkanes of at least 4 members (excludes halogenated alkanes) is 1. The van der Waals surface area contributed by atoms with Gasteiger partial charge in [0.05, 0.1) is 18.0 Å². The largest absolute Gasteiger partial charge is 0.463 e. The molecule has 1 aromatic carbocycles. The van der Waals surface area contributed by atoms with E-state index in [-0.39, 0.29) is 30.8 Å². The van der Waals surface area contributed by atoms with Crippen LogP contribution in [0.3, 0.4) is 0 Å². The van der Waals surface area contributed by atoms with Crippen LogP contribution in [0.2, 0.25) is 0 Å². The highest BCUT2D eigenvalue weighted by Gasteiger charge is 2.11. The number of esters is 2. The summed E-state index contributed by atoms with van der Waals surface area (Å²) in [6.45, 7) is 1.80. The molecule has 25 heavy (non-hydrogen) atoms. The second kappa shape index (κ2) is 10.7. The molecule has 0 fully saturated rings. The number of benzene rings is 1. The maximum absolute atomic E-state index is 11.8. The van der Waals surface area contributed by atoms with Crippen molar-refractivity contribution in [2.24, 2.45) is 0 Å². The third kappa shape index (κ3) is 7.91. The predicted molar refractivity (Wildman–Crippen MR) is 86.9 cm³/mol. The van der Waals surface area contributed by atoms with Crippen molar-refractivity contribution in [1.82, 2.24) is 5.32 Å². The molecule has 1 rings (SSSR count). The fourth-order valence-electron chi connectivity index (χ4n) is 1.70. The van der Waals surface area contributed by atoms with E-state index in [9.17, 15) is 24.5 Å². The molecule has 0 atom stereocenters. The van der Waals surface area contributed by atoms with Crippen LogP contribution < -0.4 is 5.32 Å². The predicted octanol–water partition coefficient (Wildman–Crippen LogP) is 1.60. The lowest BCUT2D eigenvalue weighted by Crippen LogP contribution is -2.27. The van der Waals surface area contributed by atoms with Crippen LogP contribution in [-0.4, -0.2) is 42.5 Å². The lowest BCUT2D eigenvalue weighted by atomic mass is 10.2. The molecule has 9 nitrogen and oxygen atoms in total. The molecule has 0 aliphatic heterocycles. The zero-order valence-electron chi connectivity index (χ0n) is 13.9. The number of ether oxygens (including phenoxy) is 2. The fraction of sp³-hybridized carbons (Fsp3) is 0.438. The number of hydrogen-bond acceptors (Lipinski definition) is 7. The van der Waals surface area contributed by atoms with Crippen LogP contribution in [-0.2, 0) is 19.1 Å². The first kappa shape index (κ1) is 20.1. The van der Waals surface area contributed by atoms with Crippen molar-refractivity contribution in [1.29, 1.82) is 0 Å². The van der Waals surface area contributed by atoms with Gasteiger partial charge in [0.15, 0.2) is 6.61 Å². The topological polar surface area (TPSA) is 125 Å². The summed E-state index contributed by atoms with van der Waals surface area (Å²) in [5, 5.41) is 13.0. The second-order valence-corrected chi connectivity index (χ2v) is 5.04. The van der Waals surface area contributed by atoms with Gasteiger partial charge >= 0.3 is 11.9 Å². The van der Waals surface area contributed by atoms with Gasteiger partial charge in [-0.3, -0.25) is 19.7 Å². The van der Waals surface area contributed by atoms with Crippen LogP contribution in [0.5, 0.6) is 0 Å². The van der Waals surface area contributed by atoms with Crippen molar-refractivity contribution in [2.75, 3.05) is 19.8 Å². The van der Waals surface area contributed by atoms with E-state index < -0.39 is 29.4 Å². The van der Waals surface area contributed by atoms with E-state index in [1.807, 2.05) is 6.92 Å². The second-order valence-electron chi connectivity index (χ2n) is 5.04. The summed E-state index contributed by atoms with van der Waals surface area (Å²) in [5.41, 5.74) is 0.115. The molecule has 1 amide bonds. The van der Waals surface area contributed by atoms with Crippen LogP contribution in [0.25, 0.3) is 0 Å². The standard InChI is InChI=1S/C16H20N2O7/c1-2-3-10-24-15(20)11-25-14(19)8-9-17-16(21)12-4-6-13(7-5-12)18(22)23/h4-7H,2-3,8-11H2,1H3,(H,17,21). The summed E-state index contributed by atoms with van der Waals surface area (Å²) in [4.78, 5) is 44.5. The molecule has 0 radical (unpaired) electrons. The molecular formula is C16H20N2O7. The zero-order valence-corrected chi connectivity index (χ0v) is 13.9. The van der Waals surface area contributed by atoms with Gasteiger partial charge in [0.1, 0.15) is 0 Å². The maximum atomic E-state index is 11.8. The third-order valence-corrected chi connectivity index (χ3v) is 3.07. The SMILES string of the molecule is CCCCOC(=O)COC(=O)CCNC(=O)c1ccc([N+](=O)[O-])cc1. The van der Waals surface area contributed by atoms with Gasteiger partial charge in [-0.05, 0) is 18.6 Å². The summed E-state index contributed by atoms with van der Waals surface area (Å²) < 4.78 is 9.55. The summed E-state index contributed by atoms with van der Waals surface area (Å²) in [6.07, 6.45) is 1.52. The molecule has 0 heterocycles. The van der Waals surface area contributed by atoms with E-state index in [0.29, 0.717) is 0 Å². The average Bonchev–Trinajstić information content (AvgIpc) is 2.60. The van der Waals surface area contributed by atoms with Gasteiger partial charge in [0.25, 0.3) is 11.6 Å². The number of hydrogen-bond donors (Lipinski definition) is 1. The van der Waals surface area contributed by atoms with Crippen LogP contribution in [0.1, 0.15) is 36.5 Å². The van der Waals surface area contributed by atoms with Gasteiger partial charge in [-0.1, -0.05) is 13.3 Å². The molecule has 0 aliphatic carbocycles. The Bertz CT molecular complexity index is 613. The van der Waals surface area contributed by atoms with Crippen LogP contribution in [0.4, 0.5) is 5.69 Å². The van der Waals surface area contributed by atoms with Crippen LogP contribution in [0.15, 0.2) is 24.3 Å². The van der Waals surface area contributed by atoms with Gasteiger partial charge in [-0.15, -0.1) is 0 Å². The minimum atomic E-state index is -0.642. The summed E-state index contributed by atoms with van der Waals surface area (Å²) in [6, 6.07) is 5.07.